The first-order valence-corrected chi connectivity index (χ1v) is 11.5. The molecule has 0 saturated carbocycles. The van der Waals surface area contributed by atoms with Crippen molar-refractivity contribution >= 4 is 35.8 Å². The molecule has 1 aromatic rings. The van der Waals surface area contributed by atoms with Crippen molar-refractivity contribution in [1.29, 1.82) is 0 Å². The Labute approximate surface area is 207 Å². The van der Waals surface area contributed by atoms with Crippen LogP contribution in [0.5, 0.6) is 0 Å². The van der Waals surface area contributed by atoms with Gasteiger partial charge in [0.05, 0.1) is 6.54 Å². The number of hydrogen-bond donors (Lipinski definition) is 2. The van der Waals surface area contributed by atoms with Crippen molar-refractivity contribution in [3.05, 3.63) is 35.4 Å². The van der Waals surface area contributed by atoms with Gasteiger partial charge in [-0.2, -0.15) is 0 Å². The number of carbonyl (C=O) groups is 1. The molecule has 178 valence electrons. The number of halogens is 1. The molecule has 0 bridgehead atoms. The van der Waals surface area contributed by atoms with E-state index in [1.54, 1.807) is 0 Å². The van der Waals surface area contributed by atoms with E-state index in [9.17, 15) is 4.79 Å². The molecule has 1 amide bonds. The van der Waals surface area contributed by atoms with Gasteiger partial charge in [0.15, 0.2) is 5.96 Å². The highest BCUT2D eigenvalue weighted by atomic mass is 127. The Morgan fingerprint density at radius 1 is 0.968 bits per heavy atom. The second-order valence-electron chi connectivity index (χ2n) is 8.08. The summed E-state index contributed by atoms with van der Waals surface area (Å²) in [5, 5.41) is 6.75. The van der Waals surface area contributed by atoms with Crippen LogP contribution in [0.4, 0.5) is 0 Å². The van der Waals surface area contributed by atoms with Gasteiger partial charge in [-0.1, -0.05) is 12.1 Å². The van der Waals surface area contributed by atoms with Crippen molar-refractivity contribution in [1.82, 2.24) is 20.4 Å². The van der Waals surface area contributed by atoms with Gasteiger partial charge in [-0.15, -0.1) is 24.0 Å². The average Bonchev–Trinajstić information content (AvgIpc) is 2.72. The molecule has 0 aliphatic carbocycles. The minimum Gasteiger partial charge on any atom is -0.357 e. The topological polar surface area (TPSA) is 60.0 Å². The summed E-state index contributed by atoms with van der Waals surface area (Å²) >= 11 is 0. The number of hydrogen-bond acceptors (Lipinski definition) is 3. The molecule has 0 atom stereocenters. The van der Waals surface area contributed by atoms with E-state index in [1.807, 2.05) is 43.0 Å². The van der Waals surface area contributed by atoms with E-state index >= 15 is 0 Å². The first-order valence-electron chi connectivity index (χ1n) is 11.5. The number of nitrogens with zero attached hydrogens (tertiary/aromatic N) is 3. The predicted octanol–water partition coefficient (Wildman–Crippen LogP) is 4.35. The SMILES string of the molecule is CCNC(=NCc1ccc(C(=O)N(CC)CC)cc1)NCCCN(C(C)C)C(C)C.I. The maximum Gasteiger partial charge on any atom is 0.253 e. The van der Waals surface area contributed by atoms with Gasteiger partial charge in [0.25, 0.3) is 5.91 Å². The number of carbonyl (C=O) groups excluding carboxylic acids is 1. The van der Waals surface area contributed by atoms with E-state index in [4.69, 9.17) is 4.99 Å². The van der Waals surface area contributed by atoms with Crippen molar-refractivity contribution in [2.45, 2.75) is 73.5 Å². The first kappa shape index (κ1) is 29.7. The average molecular weight is 546 g/mol. The third-order valence-corrected chi connectivity index (χ3v) is 5.23. The summed E-state index contributed by atoms with van der Waals surface area (Å²) in [6, 6.07) is 8.91. The maximum absolute atomic E-state index is 12.4. The van der Waals surface area contributed by atoms with Crippen LogP contribution in [0.3, 0.4) is 0 Å². The van der Waals surface area contributed by atoms with E-state index in [-0.39, 0.29) is 29.9 Å². The third-order valence-electron chi connectivity index (χ3n) is 5.23. The molecule has 6 nitrogen and oxygen atoms in total. The summed E-state index contributed by atoms with van der Waals surface area (Å²) in [7, 11) is 0. The molecule has 0 spiro atoms. The highest BCUT2D eigenvalue weighted by Crippen LogP contribution is 2.09. The van der Waals surface area contributed by atoms with Gasteiger partial charge >= 0.3 is 0 Å². The van der Waals surface area contributed by atoms with Gasteiger partial charge in [0.2, 0.25) is 0 Å². The monoisotopic (exact) mass is 545 g/mol. The maximum atomic E-state index is 12.4. The second kappa shape index (κ2) is 16.3. The highest BCUT2D eigenvalue weighted by Gasteiger charge is 2.13. The molecule has 1 rings (SSSR count). The summed E-state index contributed by atoms with van der Waals surface area (Å²) in [5.74, 6) is 0.920. The Bertz CT molecular complexity index is 634. The molecule has 0 aliphatic rings. The van der Waals surface area contributed by atoms with E-state index in [1.165, 1.54) is 0 Å². The summed E-state index contributed by atoms with van der Waals surface area (Å²) < 4.78 is 0. The van der Waals surface area contributed by atoms with Gasteiger partial charge in [-0.25, -0.2) is 4.99 Å². The molecule has 0 saturated heterocycles. The zero-order chi connectivity index (χ0) is 22.5. The summed E-state index contributed by atoms with van der Waals surface area (Å²) in [5.41, 5.74) is 1.82. The van der Waals surface area contributed by atoms with Crippen LogP contribution in [0.25, 0.3) is 0 Å². The summed E-state index contributed by atoms with van der Waals surface area (Å²) in [6.45, 7) is 19.9. The largest absolute Gasteiger partial charge is 0.357 e. The van der Waals surface area contributed by atoms with Crippen LogP contribution in [0.1, 0.15) is 70.8 Å². The van der Waals surface area contributed by atoms with Crippen molar-refractivity contribution in [2.24, 2.45) is 4.99 Å². The fraction of sp³-hybridized carbons (Fsp3) is 0.667. The quantitative estimate of drug-likeness (QED) is 0.178. The van der Waals surface area contributed by atoms with E-state index in [2.05, 4.69) is 50.2 Å². The Kier molecular flexibility index (Phi) is 15.6. The predicted molar refractivity (Wildman–Crippen MR) is 144 cm³/mol. The summed E-state index contributed by atoms with van der Waals surface area (Å²) in [6.07, 6.45) is 1.07. The molecular formula is C24H44IN5O. The molecule has 1 aromatic carbocycles. The zero-order valence-corrected chi connectivity index (χ0v) is 22.9. The fourth-order valence-corrected chi connectivity index (χ4v) is 3.54. The Hall–Kier alpha value is -1.35. The van der Waals surface area contributed by atoms with E-state index < -0.39 is 0 Å². The van der Waals surface area contributed by atoms with Gasteiger partial charge in [-0.05, 0) is 72.6 Å². The third kappa shape index (κ3) is 10.7. The molecule has 0 aliphatic heterocycles. The molecular weight excluding hydrogens is 501 g/mol. The Morgan fingerprint density at radius 2 is 1.55 bits per heavy atom. The summed E-state index contributed by atoms with van der Waals surface area (Å²) in [4.78, 5) is 21.5. The van der Waals surface area contributed by atoms with Gasteiger partial charge in [0, 0.05) is 50.4 Å². The van der Waals surface area contributed by atoms with Crippen LogP contribution in [0.15, 0.2) is 29.3 Å². The molecule has 7 heteroatoms. The smallest absolute Gasteiger partial charge is 0.253 e. The number of aliphatic imine (C=N–C) groups is 1. The normalized spacial score (nSPS) is 11.6. The van der Waals surface area contributed by atoms with Crippen LogP contribution in [0, 0.1) is 0 Å². The minimum absolute atomic E-state index is 0. The lowest BCUT2D eigenvalue weighted by atomic mass is 10.1. The zero-order valence-electron chi connectivity index (χ0n) is 20.6. The van der Waals surface area contributed by atoms with Gasteiger partial charge in [-0.3, -0.25) is 9.69 Å². The first-order chi connectivity index (χ1) is 14.3. The molecule has 0 unspecified atom stereocenters. The van der Waals surface area contributed by atoms with Crippen LogP contribution in [0.2, 0.25) is 0 Å². The number of amides is 1. The van der Waals surface area contributed by atoms with Gasteiger partial charge in [0.1, 0.15) is 0 Å². The van der Waals surface area contributed by atoms with E-state index in [0.717, 1.165) is 56.2 Å². The van der Waals surface area contributed by atoms with Crippen LogP contribution >= 0.6 is 24.0 Å². The van der Waals surface area contributed by atoms with Crippen molar-refractivity contribution < 1.29 is 4.79 Å². The molecule has 0 heterocycles. The van der Waals surface area contributed by atoms with Crippen LogP contribution < -0.4 is 10.6 Å². The number of benzene rings is 1. The van der Waals surface area contributed by atoms with E-state index in [0.29, 0.717) is 18.6 Å². The lowest BCUT2D eigenvalue weighted by Gasteiger charge is -2.30. The molecule has 2 N–H and O–H groups in total. The molecule has 0 radical (unpaired) electrons. The molecule has 31 heavy (non-hydrogen) atoms. The van der Waals surface area contributed by atoms with Crippen LogP contribution in [-0.4, -0.2) is 66.5 Å². The van der Waals surface area contributed by atoms with Crippen LogP contribution in [-0.2, 0) is 6.54 Å². The van der Waals surface area contributed by atoms with Crippen molar-refractivity contribution in [3.8, 4) is 0 Å². The second-order valence-corrected chi connectivity index (χ2v) is 8.08. The number of rotatable bonds is 12. The van der Waals surface area contributed by atoms with Crippen molar-refractivity contribution in [2.75, 3.05) is 32.7 Å². The van der Waals surface area contributed by atoms with Crippen molar-refractivity contribution in [3.63, 3.8) is 0 Å². The molecule has 0 aromatic heterocycles. The standard InChI is InChI=1S/C24H43N5O.HI/c1-8-25-24(26-16-11-17-29(19(4)5)20(6)7)27-18-21-12-14-22(15-13-21)23(30)28(9-2)10-3;/h12-15,19-20H,8-11,16-18H2,1-7H3,(H2,25,26,27);1H. The lowest BCUT2D eigenvalue weighted by Crippen LogP contribution is -2.41. The lowest BCUT2D eigenvalue weighted by molar-refractivity contribution is 0.0773. The Balaban J connectivity index is 0.00000900. The fourth-order valence-electron chi connectivity index (χ4n) is 3.54. The number of nitrogens with one attached hydrogen (secondary N) is 2. The Morgan fingerprint density at radius 3 is 2.03 bits per heavy atom. The minimum atomic E-state index is 0. The number of guanidine groups is 1. The molecule has 0 fully saturated rings. The highest BCUT2D eigenvalue weighted by molar-refractivity contribution is 14.0. The van der Waals surface area contributed by atoms with Gasteiger partial charge < -0.3 is 15.5 Å².